The largest absolute Gasteiger partial charge is 0.480 e. The van der Waals surface area contributed by atoms with Gasteiger partial charge >= 0.3 is 5.97 Å². The Morgan fingerprint density at radius 1 is 1.09 bits per heavy atom. The van der Waals surface area contributed by atoms with E-state index in [4.69, 9.17) is 15.9 Å². The lowest BCUT2D eigenvalue weighted by Crippen LogP contribution is -2.54. The first-order chi connectivity index (χ1) is 10.5. The summed E-state index contributed by atoms with van der Waals surface area (Å²) in [5, 5.41) is 22.4. The Morgan fingerprint density at radius 2 is 1.73 bits per heavy atom. The van der Waals surface area contributed by atoms with Crippen LogP contribution in [-0.4, -0.2) is 53.2 Å². The van der Waals surface area contributed by atoms with Gasteiger partial charge in [0.25, 0.3) is 0 Å². The predicted octanol–water partition coefficient (Wildman–Crippen LogP) is -1.77. The van der Waals surface area contributed by atoms with E-state index in [1.807, 2.05) is 6.07 Å². The molecule has 0 heterocycles. The van der Waals surface area contributed by atoms with Crippen molar-refractivity contribution in [3.63, 3.8) is 0 Å². The zero-order valence-electron chi connectivity index (χ0n) is 11.9. The van der Waals surface area contributed by atoms with Crippen LogP contribution in [0.1, 0.15) is 5.56 Å². The molecular formula is C14H19N3O5. The molecule has 1 rings (SSSR count). The van der Waals surface area contributed by atoms with Crippen molar-refractivity contribution in [2.75, 3.05) is 13.2 Å². The van der Waals surface area contributed by atoms with Gasteiger partial charge in [-0.3, -0.25) is 9.59 Å². The first-order valence-corrected chi connectivity index (χ1v) is 6.65. The summed E-state index contributed by atoms with van der Waals surface area (Å²) in [5.41, 5.74) is 6.00. The maximum absolute atomic E-state index is 12.1. The minimum Gasteiger partial charge on any atom is -0.480 e. The second kappa shape index (κ2) is 8.75. The lowest BCUT2D eigenvalue weighted by Gasteiger charge is -2.20. The molecule has 0 aromatic heterocycles. The molecule has 120 valence electrons. The molecule has 0 aliphatic rings. The number of hydrogen-bond acceptors (Lipinski definition) is 5. The average Bonchev–Trinajstić information content (AvgIpc) is 2.52. The van der Waals surface area contributed by atoms with Crippen LogP contribution in [0.3, 0.4) is 0 Å². The SMILES string of the molecule is NCC(=O)N[C@H](Cc1ccccc1)C(=O)N[C@H](CO)C(=O)O. The van der Waals surface area contributed by atoms with Gasteiger partial charge in [0.2, 0.25) is 11.8 Å². The van der Waals surface area contributed by atoms with Crippen LogP contribution in [-0.2, 0) is 20.8 Å². The number of aliphatic hydroxyl groups is 1. The molecule has 8 nitrogen and oxygen atoms in total. The molecule has 0 aliphatic carbocycles. The summed E-state index contributed by atoms with van der Waals surface area (Å²) >= 11 is 0. The fraction of sp³-hybridized carbons (Fsp3) is 0.357. The third-order valence-electron chi connectivity index (χ3n) is 2.92. The number of carboxylic acids is 1. The minimum atomic E-state index is -1.43. The number of rotatable bonds is 8. The molecule has 22 heavy (non-hydrogen) atoms. The Bertz CT molecular complexity index is 520. The second-order valence-electron chi connectivity index (χ2n) is 4.60. The van der Waals surface area contributed by atoms with Gasteiger partial charge in [-0.2, -0.15) is 0 Å². The molecule has 8 heteroatoms. The fourth-order valence-corrected chi connectivity index (χ4v) is 1.77. The first-order valence-electron chi connectivity index (χ1n) is 6.65. The summed E-state index contributed by atoms with van der Waals surface area (Å²) in [6.07, 6.45) is 0.177. The lowest BCUT2D eigenvalue weighted by molar-refractivity contribution is -0.143. The number of carboxylic acid groups (broad SMARTS) is 1. The number of nitrogens with one attached hydrogen (secondary N) is 2. The summed E-state index contributed by atoms with van der Waals surface area (Å²) in [6, 6.07) is 6.51. The Morgan fingerprint density at radius 3 is 2.23 bits per heavy atom. The molecule has 0 bridgehead atoms. The second-order valence-corrected chi connectivity index (χ2v) is 4.60. The molecule has 0 aliphatic heterocycles. The molecule has 1 aromatic carbocycles. The maximum Gasteiger partial charge on any atom is 0.328 e. The Balaban J connectivity index is 2.82. The highest BCUT2D eigenvalue weighted by Crippen LogP contribution is 2.04. The maximum atomic E-state index is 12.1. The van der Waals surface area contributed by atoms with E-state index < -0.39 is 36.5 Å². The van der Waals surface area contributed by atoms with Crippen molar-refractivity contribution >= 4 is 17.8 Å². The van der Waals surface area contributed by atoms with Crippen LogP contribution in [0.4, 0.5) is 0 Å². The molecule has 2 amide bonds. The zero-order valence-corrected chi connectivity index (χ0v) is 11.9. The minimum absolute atomic E-state index is 0.177. The molecule has 2 atom stereocenters. The molecule has 1 aromatic rings. The van der Waals surface area contributed by atoms with E-state index >= 15 is 0 Å². The van der Waals surface area contributed by atoms with Crippen molar-refractivity contribution in [1.29, 1.82) is 0 Å². The molecular weight excluding hydrogens is 290 g/mol. The molecule has 0 spiro atoms. The van der Waals surface area contributed by atoms with Crippen LogP contribution < -0.4 is 16.4 Å². The normalized spacial score (nSPS) is 13.0. The van der Waals surface area contributed by atoms with Gasteiger partial charge < -0.3 is 26.6 Å². The molecule has 0 saturated carbocycles. The van der Waals surface area contributed by atoms with Crippen LogP contribution in [0.5, 0.6) is 0 Å². The zero-order chi connectivity index (χ0) is 16.5. The van der Waals surface area contributed by atoms with Gasteiger partial charge in [-0.1, -0.05) is 30.3 Å². The van der Waals surface area contributed by atoms with Gasteiger partial charge in [-0.05, 0) is 5.56 Å². The van der Waals surface area contributed by atoms with Crippen molar-refractivity contribution in [3.8, 4) is 0 Å². The lowest BCUT2D eigenvalue weighted by atomic mass is 10.0. The van der Waals surface area contributed by atoms with Crippen molar-refractivity contribution in [2.45, 2.75) is 18.5 Å². The molecule has 6 N–H and O–H groups in total. The van der Waals surface area contributed by atoms with E-state index in [1.165, 1.54) is 0 Å². The highest BCUT2D eigenvalue weighted by molar-refractivity contribution is 5.91. The number of carbonyl (C=O) groups is 3. The number of amides is 2. The number of carbonyl (C=O) groups excluding carboxylic acids is 2. The number of nitrogens with two attached hydrogens (primary N) is 1. The predicted molar refractivity (Wildman–Crippen MR) is 77.8 cm³/mol. The molecule has 0 saturated heterocycles. The van der Waals surface area contributed by atoms with Crippen molar-refractivity contribution in [3.05, 3.63) is 35.9 Å². The van der Waals surface area contributed by atoms with Crippen molar-refractivity contribution < 1.29 is 24.6 Å². The van der Waals surface area contributed by atoms with Crippen LogP contribution in [0.2, 0.25) is 0 Å². The van der Waals surface area contributed by atoms with Gasteiger partial charge in [-0.15, -0.1) is 0 Å². The Labute approximate surface area is 127 Å². The van der Waals surface area contributed by atoms with Gasteiger partial charge in [0, 0.05) is 6.42 Å². The third-order valence-corrected chi connectivity index (χ3v) is 2.92. The molecule has 0 unspecified atom stereocenters. The highest BCUT2D eigenvalue weighted by Gasteiger charge is 2.26. The van der Waals surface area contributed by atoms with Crippen LogP contribution in [0, 0.1) is 0 Å². The van der Waals surface area contributed by atoms with E-state index in [0.29, 0.717) is 0 Å². The van der Waals surface area contributed by atoms with E-state index in [9.17, 15) is 14.4 Å². The van der Waals surface area contributed by atoms with Gasteiger partial charge in [-0.25, -0.2) is 4.79 Å². The van der Waals surface area contributed by atoms with Gasteiger partial charge in [0.15, 0.2) is 0 Å². The summed E-state index contributed by atoms with van der Waals surface area (Å²) in [4.78, 5) is 34.4. The summed E-state index contributed by atoms with van der Waals surface area (Å²) in [6.45, 7) is -1.04. The van der Waals surface area contributed by atoms with E-state index in [2.05, 4.69) is 10.6 Å². The van der Waals surface area contributed by atoms with E-state index in [1.54, 1.807) is 24.3 Å². The van der Waals surface area contributed by atoms with Crippen LogP contribution in [0.15, 0.2) is 30.3 Å². The molecule has 0 radical (unpaired) electrons. The summed E-state index contributed by atoms with van der Waals surface area (Å²) < 4.78 is 0. The average molecular weight is 309 g/mol. The Hall–Kier alpha value is -2.45. The van der Waals surface area contributed by atoms with Gasteiger partial charge in [0.1, 0.15) is 12.1 Å². The van der Waals surface area contributed by atoms with Gasteiger partial charge in [0.05, 0.1) is 13.2 Å². The van der Waals surface area contributed by atoms with E-state index in [-0.39, 0.29) is 13.0 Å². The number of benzene rings is 1. The Kier molecular flexibility index (Phi) is 7.00. The van der Waals surface area contributed by atoms with Crippen LogP contribution in [0.25, 0.3) is 0 Å². The number of aliphatic hydroxyl groups excluding tert-OH is 1. The monoisotopic (exact) mass is 309 g/mol. The standard InChI is InChI=1S/C14H19N3O5/c15-7-12(19)16-10(6-9-4-2-1-3-5-9)13(20)17-11(8-18)14(21)22/h1-5,10-11,18H,6-8,15H2,(H,16,19)(H,17,20)(H,21,22)/t10-,11-/m1/s1. The molecule has 0 fully saturated rings. The smallest absolute Gasteiger partial charge is 0.328 e. The fourth-order valence-electron chi connectivity index (χ4n) is 1.77. The van der Waals surface area contributed by atoms with Crippen molar-refractivity contribution in [2.24, 2.45) is 5.73 Å². The van der Waals surface area contributed by atoms with E-state index in [0.717, 1.165) is 5.56 Å². The highest BCUT2D eigenvalue weighted by atomic mass is 16.4. The van der Waals surface area contributed by atoms with Crippen molar-refractivity contribution in [1.82, 2.24) is 10.6 Å². The summed E-state index contributed by atoms with van der Waals surface area (Å²) in [7, 11) is 0. The third kappa shape index (κ3) is 5.51. The summed E-state index contributed by atoms with van der Waals surface area (Å²) in [5.74, 6) is -2.60. The first kappa shape index (κ1) is 17.6. The number of aliphatic carboxylic acids is 1. The quantitative estimate of drug-likeness (QED) is 0.385. The topological polar surface area (TPSA) is 142 Å². The van der Waals surface area contributed by atoms with Crippen LogP contribution >= 0.6 is 0 Å². The number of hydrogen-bond donors (Lipinski definition) is 5.